The van der Waals surface area contributed by atoms with Crippen molar-refractivity contribution in [2.24, 2.45) is 5.84 Å². The second-order valence-electron chi connectivity index (χ2n) is 3.95. The molecule has 0 aliphatic rings. The molecule has 0 bridgehead atoms. The maximum Gasteiger partial charge on any atom is 0.244 e. The first-order valence-electron chi connectivity index (χ1n) is 5.68. The normalized spacial score (nSPS) is 11.3. The summed E-state index contributed by atoms with van der Waals surface area (Å²) in [6.45, 7) is -0.0288. The van der Waals surface area contributed by atoms with Gasteiger partial charge in [0.2, 0.25) is 10.0 Å². The van der Waals surface area contributed by atoms with Crippen molar-refractivity contribution >= 4 is 15.8 Å². The van der Waals surface area contributed by atoms with Gasteiger partial charge in [-0.15, -0.1) is 0 Å². The maximum atomic E-state index is 13.0. The zero-order chi connectivity index (χ0) is 14.6. The number of halogens is 1. The second-order valence-corrected chi connectivity index (χ2v) is 5.68. The van der Waals surface area contributed by atoms with E-state index in [0.29, 0.717) is 5.56 Å². The molecule has 4 N–H and O–H groups in total. The van der Waals surface area contributed by atoms with Gasteiger partial charge in [-0.1, -0.05) is 12.1 Å². The summed E-state index contributed by atoms with van der Waals surface area (Å²) in [6, 6.07) is 8.53. The number of sulfonamides is 1. The average Bonchev–Trinajstić information content (AvgIpc) is 2.45. The number of anilines is 1. The van der Waals surface area contributed by atoms with Gasteiger partial charge in [0.1, 0.15) is 10.7 Å². The summed E-state index contributed by atoms with van der Waals surface area (Å²) in [7, 11) is -3.79. The summed E-state index contributed by atoms with van der Waals surface area (Å²) in [4.78, 5) is 3.75. The molecule has 2 aromatic rings. The summed E-state index contributed by atoms with van der Waals surface area (Å²) >= 11 is 0. The van der Waals surface area contributed by atoms with Gasteiger partial charge in [-0.3, -0.25) is 0 Å². The van der Waals surface area contributed by atoms with Crippen molar-refractivity contribution in [3.05, 3.63) is 54.0 Å². The van der Waals surface area contributed by atoms with Gasteiger partial charge in [0.05, 0.1) is 0 Å². The molecule has 106 valence electrons. The Balaban J connectivity index is 2.19. The minimum Gasteiger partial charge on any atom is -0.307 e. The third-order valence-corrected chi connectivity index (χ3v) is 3.99. The molecule has 8 heteroatoms. The number of hydrogen-bond acceptors (Lipinski definition) is 5. The van der Waals surface area contributed by atoms with E-state index in [-0.39, 0.29) is 17.3 Å². The van der Waals surface area contributed by atoms with Crippen molar-refractivity contribution in [1.82, 2.24) is 9.71 Å². The molecule has 2 rings (SSSR count). The Morgan fingerprint density at radius 1 is 1.25 bits per heavy atom. The smallest absolute Gasteiger partial charge is 0.244 e. The van der Waals surface area contributed by atoms with Crippen LogP contribution < -0.4 is 16.0 Å². The lowest BCUT2D eigenvalue weighted by molar-refractivity contribution is 0.580. The van der Waals surface area contributed by atoms with Gasteiger partial charge < -0.3 is 5.43 Å². The number of aromatic nitrogens is 1. The highest BCUT2D eigenvalue weighted by atomic mass is 32.2. The molecule has 0 atom stereocenters. The Labute approximate surface area is 115 Å². The minimum absolute atomic E-state index is 0.0288. The van der Waals surface area contributed by atoms with E-state index in [1.807, 2.05) is 0 Å². The molecular weight excluding hydrogens is 283 g/mol. The molecule has 0 saturated carbocycles. The second kappa shape index (κ2) is 5.95. The van der Waals surface area contributed by atoms with E-state index in [2.05, 4.69) is 15.1 Å². The van der Waals surface area contributed by atoms with Crippen LogP contribution in [0.15, 0.2) is 47.5 Å². The summed E-state index contributed by atoms with van der Waals surface area (Å²) in [5.74, 6) is 4.84. The summed E-state index contributed by atoms with van der Waals surface area (Å²) in [5.41, 5.74) is 2.73. The fraction of sp³-hybridized carbons (Fsp3) is 0.0833. The van der Waals surface area contributed by atoms with Gasteiger partial charge in [-0.25, -0.2) is 28.4 Å². The van der Waals surface area contributed by atoms with Crippen molar-refractivity contribution in [1.29, 1.82) is 0 Å². The number of rotatable bonds is 5. The number of nitrogen functional groups attached to an aromatic ring is 1. The van der Waals surface area contributed by atoms with Crippen LogP contribution in [0.3, 0.4) is 0 Å². The van der Waals surface area contributed by atoms with Gasteiger partial charge >= 0.3 is 0 Å². The molecule has 0 fully saturated rings. The number of nitrogens with two attached hydrogens (primary N) is 1. The Bertz CT molecular complexity index is 706. The van der Waals surface area contributed by atoms with E-state index >= 15 is 0 Å². The van der Waals surface area contributed by atoms with Crippen LogP contribution in [0.5, 0.6) is 0 Å². The number of hydrogen-bond donors (Lipinski definition) is 3. The van der Waals surface area contributed by atoms with Crippen LogP contribution in [0.1, 0.15) is 5.56 Å². The predicted octanol–water partition coefficient (Wildman–Crippen LogP) is 0.985. The topological polar surface area (TPSA) is 97.1 Å². The van der Waals surface area contributed by atoms with Gasteiger partial charge in [0, 0.05) is 12.7 Å². The molecule has 0 amide bonds. The molecule has 0 radical (unpaired) electrons. The van der Waals surface area contributed by atoms with Crippen molar-refractivity contribution in [3.8, 4) is 0 Å². The lowest BCUT2D eigenvalue weighted by Gasteiger charge is -2.10. The molecule has 0 aliphatic heterocycles. The van der Waals surface area contributed by atoms with Crippen LogP contribution in [0.2, 0.25) is 0 Å². The van der Waals surface area contributed by atoms with Crippen LogP contribution in [-0.2, 0) is 16.6 Å². The SMILES string of the molecule is NNc1ncccc1S(=O)(=O)NCc1cccc(F)c1. The first kappa shape index (κ1) is 14.4. The van der Waals surface area contributed by atoms with Gasteiger partial charge in [0.25, 0.3) is 0 Å². The Kier molecular flexibility index (Phi) is 4.28. The third-order valence-electron chi connectivity index (χ3n) is 2.55. The number of hydrazine groups is 1. The van der Waals surface area contributed by atoms with E-state index in [9.17, 15) is 12.8 Å². The Morgan fingerprint density at radius 2 is 2.05 bits per heavy atom. The average molecular weight is 296 g/mol. The summed E-state index contributed by atoms with van der Waals surface area (Å²) in [6.07, 6.45) is 1.42. The van der Waals surface area contributed by atoms with Crippen LogP contribution >= 0.6 is 0 Å². The highest BCUT2D eigenvalue weighted by molar-refractivity contribution is 7.89. The minimum atomic E-state index is -3.79. The zero-order valence-electron chi connectivity index (χ0n) is 10.4. The molecule has 0 spiro atoms. The fourth-order valence-corrected chi connectivity index (χ4v) is 2.75. The first-order chi connectivity index (χ1) is 9.53. The van der Waals surface area contributed by atoms with Gasteiger partial charge in [-0.05, 0) is 29.8 Å². The largest absolute Gasteiger partial charge is 0.307 e. The van der Waals surface area contributed by atoms with Crippen LogP contribution in [0.25, 0.3) is 0 Å². The molecule has 6 nitrogen and oxygen atoms in total. The predicted molar refractivity (Wildman–Crippen MR) is 72.5 cm³/mol. The van der Waals surface area contributed by atoms with Gasteiger partial charge in [-0.2, -0.15) is 0 Å². The molecule has 0 saturated heterocycles. The summed E-state index contributed by atoms with van der Waals surface area (Å²) < 4.78 is 39.6. The van der Waals surface area contributed by atoms with Crippen molar-refractivity contribution < 1.29 is 12.8 Å². The van der Waals surface area contributed by atoms with E-state index in [1.165, 1.54) is 36.5 Å². The van der Waals surface area contributed by atoms with Crippen LogP contribution in [-0.4, -0.2) is 13.4 Å². The number of benzene rings is 1. The monoisotopic (exact) mass is 296 g/mol. The zero-order valence-corrected chi connectivity index (χ0v) is 11.2. The molecule has 0 aliphatic carbocycles. The quantitative estimate of drug-likeness (QED) is 0.564. The molecule has 1 aromatic heterocycles. The van der Waals surface area contributed by atoms with E-state index in [4.69, 9.17) is 5.84 Å². The molecule has 20 heavy (non-hydrogen) atoms. The summed E-state index contributed by atoms with van der Waals surface area (Å²) in [5, 5.41) is 0. The van der Waals surface area contributed by atoms with Crippen molar-refractivity contribution in [2.45, 2.75) is 11.4 Å². The van der Waals surface area contributed by atoms with Crippen LogP contribution in [0.4, 0.5) is 10.2 Å². The van der Waals surface area contributed by atoms with E-state index in [1.54, 1.807) is 6.07 Å². The van der Waals surface area contributed by atoms with Gasteiger partial charge in [0.15, 0.2) is 5.82 Å². The number of nitrogens with zero attached hydrogens (tertiary/aromatic N) is 1. The molecular formula is C12H13FN4O2S. The van der Waals surface area contributed by atoms with Crippen LogP contribution in [0, 0.1) is 5.82 Å². The molecule has 1 aromatic carbocycles. The molecule has 0 unspecified atom stereocenters. The Hall–Kier alpha value is -2.03. The lowest BCUT2D eigenvalue weighted by Crippen LogP contribution is -2.25. The van der Waals surface area contributed by atoms with Crippen molar-refractivity contribution in [2.75, 3.05) is 5.43 Å². The first-order valence-corrected chi connectivity index (χ1v) is 7.17. The fourth-order valence-electron chi connectivity index (χ4n) is 1.62. The molecule has 1 heterocycles. The highest BCUT2D eigenvalue weighted by Crippen LogP contribution is 2.17. The van der Waals surface area contributed by atoms with E-state index in [0.717, 1.165) is 0 Å². The lowest BCUT2D eigenvalue weighted by atomic mass is 10.2. The van der Waals surface area contributed by atoms with E-state index < -0.39 is 15.8 Å². The third kappa shape index (κ3) is 3.29. The highest BCUT2D eigenvalue weighted by Gasteiger charge is 2.18. The number of nitrogens with one attached hydrogen (secondary N) is 2. The standard InChI is InChI=1S/C12H13FN4O2S/c13-10-4-1-3-9(7-10)8-16-20(18,19)11-5-2-6-15-12(11)17-14/h1-7,16H,8,14H2,(H,15,17). The Morgan fingerprint density at radius 3 is 2.75 bits per heavy atom. The van der Waals surface area contributed by atoms with Crippen molar-refractivity contribution in [3.63, 3.8) is 0 Å². The number of pyridine rings is 1. The maximum absolute atomic E-state index is 13.0.